The third-order valence-electron chi connectivity index (χ3n) is 2.90. The normalized spacial score (nSPS) is 11.0. The van der Waals surface area contributed by atoms with Crippen LogP contribution in [0.15, 0.2) is 30.3 Å². The lowest BCUT2D eigenvalue weighted by Gasteiger charge is -2.15. The Kier molecular flexibility index (Phi) is 8.02. The Balaban J connectivity index is 2.31. The minimum atomic E-state index is -0.567. The van der Waals surface area contributed by atoms with E-state index in [1.165, 1.54) is 43.3 Å². The van der Waals surface area contributed by atoms with Crippen molar-refractivity contribution in [1.82, 2.24) is 0 Å². The first-order valence-corrected chi connectivity index (χ1v) is 8.70. The molecule has 0 aromatic heterocycles. The van der Waals surface area contributed by atoms with Crippen LogP contribution >= 0.6 is 0 Å². The summed E-state index contributed by atoms with van der Waals surface area (Å²) in [7, 11) is -0.567. The maximum atomic E-state index is 6.13. The van der Waals surface area contributed by atoms with E-state index in [1.54, 1.807) is 0 Å². The van der Waals surface area contributed by atoms with Crippen molar-refractivity contribution in [3.63, 3.8) is 0 Å². The SMILES string of the molecule is CCCC[Si](CCCC)OCc1ccccc1. The molecule has 0 unspecified atom stereocenters. The van der Waals surface area contributed by atoms with Gasteiger partial charge < -0.3 is 4.43 Å². The predicted molar refractivity (Wildman–Crippen MR) is 76.4 cm³/mol. The second-order valence-corrected chi connectivity index (χ2v) is 6.89. The third-order valence-corrected chi connectivity index (χ3v) is 5.28. The summed E-state index contributed by atoms with van der Waals surface area (Å²) in [5.74, 6) is 0. The van der Waals surface area contributed by atoms with E-state index in [2.05, 4.69) is 44.2 Å². The van der Waals surface area contributed by atoms with Gasteiger partial charge in [0.05, 0.1) is 6.61 Å². The summed E-state index contributed by atoms with van der Waals surface area (Å²) in [4.78, 5) is 0. The van der Waals surface area contributed by atoms with Crippen LogP contribution in [-0.4, -0.2) is 9.04 Å². The van der Waals surface area contributed by atoms with Gasteiger partial charge >= 0.3 is 0 Å². The minimum absolute atomic E-state index is 0.567. The maximum absolute atomic E-state index is 6.13. The molecule has 95 valence electrons. The molecule has 0 N–H and O–H groups in total. The topological polar surface area (TPSA) is 9.23 Å². The number of rotatable bonds is 9. The van der Waals surface area contributed by atoms with Gasteiger partial charge in [-0.3, -0.25) is 0 Å². The molecule has 1 aromatic carbocycles. The van der Waals surface area contributed by atoms with Gasteiger partial charge in [0.25, 0.3) is 0 Å². The van der Waals surface area contributed by atoms with Crippen LogP contribution < -0.4 is 0 Å². The molecule has 0 aliphatic heterocycles. The highest BCUT2D eigenvalue weighted by atomic mass is 28.3. The first-order valence-electron chi connectivity index (χ1n) is 6.88. The summed E-state index contributed by atoms with van der Waals surface area (Å²) in [6.45, 7) is 5.33. The molecule has 1 radical (unpaired) electrons. The Labute approximate surface area is 108 Å². The largest absolute Gasteiger partial charge is 0.412 e. The highest BCUT2D eigenvalue weighted by Crippen LogP contribution is 2.13. The van der Waals surface area contributed by atoms with Crippen LogP contribution in [0.3, 0.4) is 0 Å². The third kappa shape index (κ3) is 6.64. The standard InChI is InChI=1S/C15H25OSi/c1-3-5-12-17(13-6-4-2)16-14-15-10-8-7-9-11-15/h7-11H,3-6,12-14H2,1-2H3. The van der Waals surface area contributed by atoms with Crippen LogP contribution in [0.1, 0.15) is 45.1 Å². The summed E-state index contributed by atoms with van der Waals surface area (Å²) < 4.78 is 6.13. The Morgan fingerprint density at radius 1 is 0.941 bits per heavy atom. The van der Waals surface area contributed by atoms with E-state index in [4.69, 9.17) is 4.43 Å². The predicted octanol–water partition coefficient (Wildman–Crippen LogP) is 4.79. The van der Waals surface area contributed by atoms with Gasteiger partial charge in [-0.15, -0.1) is 0 Å². The first kappa shape index (κ1) is 14.5. The van der Waals surface area contributed by atoms with Gasteiger partial charge in [0.2, 0.25) is 9.04 Å². The zero-order valence-corrected chi connectivity index (χ0v) is 12.2. The molecule has 0 saturated carbocycles. The van der Waals surface area contributed by atoms with Crippen LogP contribution in [0.2, 0.25) is 12.1 Å². The highest BCUT2D eigenvalue weighted by Gasteiger charge is 2.12. The number of benzene rings is 1. The van der Waals surface area contributed by atoms with Gasteiger partial charge in [0, 0.05) is 0 Å². The molecule has 0 amide bonds. The number of hydrogen-bond donors (Lipinski definition) is 0. The summed E-state index contributed by atoms with van der Waals surface area (Å²) in [5, 5.41) is 0. The molecule has 0 saturated heterocycles. The molecule has 0 spiro atoms. The van der Waals surface area contributed by atoms with Crippen LogP contribution in [0.25, 0.3) is 0 Å². The lowest BCUT2D eigenvalue weighted by molar-refractivity contribution is 0.304. The van der Waals surface area contributed by atoms with Crippen molar-refractivity contribution >= 4 is 9.04 Å². The molecule has 0 fully saturated rings. The fourth-order valence-corrected chi connectivity index (χ4v) is 4.18. The Morgan fingerprint density at radius 3 is 2.06 bits per heavy atom. The lowest BCUT2D eigenvalue weighted by atomic mass is 10.2. The van der Waals surface area contributed by atoms with Crippen LogP contribution in [-0.2, 0) is 11.0 Å². The van der Waals surface area contributed by atoms with Gasteiger partial charge in [-0.2, -0.15) is 0 Å². The Bertz CT molecular complexity index is 266. The Morgan fingerprint density at radius 2 is 1.53 bits per heavy atom. The monoisotopic (exact) mass is 249 g/mol. The number of hydrogen-bond acceptors (Lipinski definition) is 1. The van der Waals surface area contributed by atoms with E-state index in [9.17, 15) is 0 Å². The number of unbranched alkanes of at least 4 members (excludes halogenated alkanes) is 2. The molecular weight excluding hydrogens is 224 g/mol. The zero-order valence-electron chi connectivity index (χ0n) is 11.2. The molecule has 1 rings (SSSR count). The summed E-state index contributed by atoms with van der Waals surface area (Å²) in [6.07, 6.45) is 5.23. The molecular formula is C15H25OSi. The maximum Gasteiger partial charge on any atom is 0.211 e. The molecule has 0 atom stereocenters. The molecule has 17 heavy (non-hydrogen) atoms. The van der Waals surface area contributed by atoms with Crippen molar-refractivity contribution in [3.05, 3.63) is 35.9 Å². The van der Waals surface area contributed by atoms with Crippen LogP contribution in [0, 0.1) is 0 Å². The van der Waals surface area contributed by atoms with Crippen molar-refractivity contribution in [2.75, 3.05) is 0 Å². The second-order valence-electron chi connectivity index (χ2n) is 4.52. The smallest absolute Gasteiger partial charge is 0.211 e. The molecule has 0 heterocycles. The van der Waals surface area contributed by atoms with E-state index in [1.807, 2.05) is 0 Å². The fraction of sp³-hybridized carbons (Fsp3) is 0.600. The fourth-order valence-electron chi connectivity index (χ4n) is 1.78. The average Bonchev–Trinajstić information content (AvgIpc) is 2.39. The average molecular weight is 249 g/mol. The van der Waals surface area contributed by atoms with Gasteiger partial charge in [-0.05, 0) is 17.7 Å². The van der Waals surface area contributed by atoms with E-state index in [-0.39, 0.29) is 0 Å². The second kappa shape index (κ2) is 9.43. The van der Waals surface area contributed by atoms with Crippen molar-refractivity contribution in [3.8, 4) is 0 Å². The summed E-state index contributed by atoms with van der Waals surface area (Å²) in [6, 6.07) is 13.2. The quantitative estimate of drug-likeness (QED) is 0.571. The molecule has 1 aromatic rings. The van der Waals surface area contributed by atoms with Crippen molar-refractivity contribution < 1.29 is 4.43 Å². The van der Waals surface area contributed by atoms with Crippen molar-refractivity contribution in [1.29, 1.82) is 0 Å². The van der Waals surface area contributed by atoms with Gasteiger partial charge in [-0.1, -0.05) is 69.9 Å². The Hall–Kier alpha value is -0.603. The summed E-state index contributed by atoms with van der Waals surface area (Å²) >= 11 is 0. The van der Waals surface area contributed by atoms with E-state index >= 15 is 0 Å². The first-order chi connectivity index (χ1) is 8.36. The summed E-state index contributed by atoms with van der Waals surface area (Å²) in [5.41, 5.74) is 1.31. The molecule has 0 bridgehead atoms. The van der Waals surface area contributed by atoms with Crippen molar-refractivity contribution in [2.45, 2.75) is 58.2 Å². The highest BCUT2D eigenvalue weighted by molar-refractivity contribution is 6.51. The van der Waals surface area contributed by atoms with Gasteiger partial charge in [0.15, 0.2) is 0 Å². The van der Waals surface area contributed by atoms with Gasteiger partial charge in [-0.25, -0.2) is 0 Å². The van der Waals surface area contributed by atoms with E-state index < -0.39 is 9.04 Å². The van der Waals surface area contributed by atoms with Crippen LogP contribution in [0.5, 0.6) is 0 Å². The lowest BCUT2D eigenvalue weighted by Crippen LogP contribution is -2.17. The molecule has 2 heteroatoms. The molecule has 1 nitrogen and oxygen atoms in total. The zero-order chi connectivity index (χ0) is 12.3. The van der Waals surface area contributed by atoms with Crippen molar-refractivity contribution in [2.24, 2.45) is 0 Å². The van der Waals surface area contributed by atoms with Gasteiger partial charge in [0.1, 0.15) is 0 Å². The molecule has 0 aliphatic rings. The minimum Gasteiger partial charge on any atom is -0.412 e. The van der Waals surface area contributed by atoms with Crippen LogP contribution in [0.4, 0.5) is 0 Å². The van der Waals surface area contributed by atoms with E-state index in [0.29, 0.717) is 0 Å². The molecule has 0 aliphatic carbocycles. The van der Waals surface area contributed by atoms with E-state index in [0.717, 1.165) is 6.61 Å².